The highest BCUT2D eigenvalue weighted by molar-refractivity contribution is 5.95. The molecule has 1 aliphatic rings. The molecule has 0 aliphatic carbocycles. The minimum Gasteiger partial charge on any atom is -0.461 e. The highest BCUT2D eigenvalue weighted by Crippen LogP contribution is 2.24. The molecule has 6 nitrogen and oxygen atoms in total. The Labute approximate surface area is 174 Å². The molecular weight excluding hydrogens is 394 g/mol. The lowest BCUT2D eigenvalue weighted by molar-refractivity contribution is 0.0499. The van der Waals surface area contributed by atoms with Gasteiger partial charge in [-0.15, -0.1) is 0 Å². The fraction of sp³-hybridized carbons (Fsp3) is 0.455. The van der Waals surface area contributed by atoms with Crippen LogP contribution in [0.3, 0.4) is 0 Å². The second-order valence-electron chi connectivity index (χ2n) is 7.37. The molecule has 0 radical (unpaired) electrons. The monoisotopic (exact) mass is 420 g/mol. The van der Waals surface area contributed by atoms with Gasteiger partial charge in [0.1, 0.15) is 22.9 Å². The van der Waals surface area contributed by atoms with E-state index < -0.39 is 29.1 Å². The van der Waals surface area contributed by atoms with Gasteiger partial charge in [0.05, 0.1) is 12.7 Å². The van der Waals surface area contributed by atoms with E-state index in [9.17, 15) is 18.4 Å². The first-order valence-electron chi connectivity index (χ1n) is 10.0. The molecule has 3 rings (SSSR count). The normalized spacial score (nSPS) is 16.0. The lowest BCUT2D eigenvalue weighted by Gasteiger charge is -2.26. The largest absolute Gasteiger partial charge is 0.461 e. The molecule has 1 amide bonds. The average Bonchev–Trinajstić information content (AvgIpc) is 3.30. The van der Waals surface area contributed by atoms with Crippen molar-refractivity contribution in [2.24, 2.45) is 0 Å². The van der Waals surface area contributed by atoms with Gasteiger partial charge in [-0.25, -0.2) is 13.6 Å². The Bertz CT molecular complexity index is 915. The van der Waals surface area contributed by atoms with Crippen molar-refractivity contribution in [1.29, 1.82) is 0 Å². The van der Waals surface area contributed by atoms with E-state index in [1.54, 1.807) is 20.8 Å². The van der Waals surface area contributed by atoms with Gasteiger partial charge in [0.15, 0.2) is 0 Å². The van der Waals surface area contributed by atoms with Crippen molar-refractivity contribution in [2.75, 3.05) is 19.8 Å². The molecule has 0 spiro atoms. The predicted octanol–water partition coefficient (Wildman–Crippen LogP) is 3.91. The molecular formula is C22H26F2N2O4. The third-order valence-electron chi connectivity index (χ3n) is 5.33. The molecule has 30 heavy (non-hydrogen) atoms. The van der Waals surface area contributed by atoms with Gasteiger partial charge in [-0.05, 0) is 56.9 Å². The third-order valence-corrected chi connectivity index (χ3v) is 5.33. The predicted molar refractivity (Wildman–Crippen MR) is 106 cm³/mol. The van der Waals surface area contributed by atoms with Gasteiger partial charge in [0.2, 0.25) is 0 Å². The van der Waals surface area contributed by atoms with Crippen LogP contribution in [-0.4, -0.2) is 47.6 Å². The van der Waals surface area contributed by atoms with E-state index in [2.05, 4.69) is 4.98 Å². The zero-order chi connectivity index (χ0) is 21.8. The van der Waals surface area contributed by atoms with E-state index in [-0.39, 0.29) is 25.8 Å². The highest BCUT2D eigenvalue weighted by Gasteiger charge is 2.29. The Morgan fingerprint density at radius 2 is 1.97 bits per heavy atom. The van der Waals surface area contributed by atoms with Crippen LogP contribution in [0.2, 0.25) is 0 Å². The molecule has 1 aromatic carbocycles. The van der Waals surface area contributed by atoms with Crippen LogP contribution in [0.5, 0.6) is 0 Å². The molecule has 1 aromatic heterocycles. The number of aromatic amines is 1. The van der Waals surface area contributed by atoms with Crippen LogP contribution in [-0.2, 0) is 16.0 Å². The number of benzene rings is 1. The minimum atomic E-state index is -0.910. The second-order valence-corrected chi connectivity index (χ2v) is 7.37. The molecule has 2 aromatic rings. The van der Waals surface area contributed by atoms with Crippen LogP contribution < -0.4 is 0 Å². The Kier molecular flexibility index (Phi) is 6.87. The summed E-state index contributed by atoms with van der Waals surface area (Å²) in [6.45, 7) is 6.37. The highest BCUT2D eigenvalue weighted by atomic mass is 19.1. The van der Waals surface area contributed by atoms with Crippen molar-refractivity contribution in [3.63, 3.8) is 0 Å². The van der Waals surface area contributed by atoms with E-state index in [0.29, 0.717) is 29.1 Å². The summed E-state index contributed by atoms with van der Waals surface area (Å²) in [6, 6.07) is 3.34. The van der Waals surface area contributed by atoms with Crippen LogP contribution in [0, 0.1) is 25.5 Å². The summed E-state index contributed by atoms with van der Waals surface area (Å²) in [7, 11) is 0. The van der Waals surface area contributed by atoms with Gasteiger partial charge in [-0.1, -0.05) is 6.07 Å². The maximum atomic E-state index is 14.3. The molecule has 1 unspecified atom stereocenters. The quantitative estimate of drug-likeness (QED) is 0.690. The van der Waals surface area contributed by atoms with Gasteiger partial charge in [0, 0.05) is 25.4 Å². The number of hydrogen-bond donors (Lipinski definition) is 1. The Hall–Kier alpha value is -2.74. The summed E-state index contributed by atoms with van der Waals surface area (Å²) in [5, 5.41) is 0. The number of nitrogens with zero attached hydrogens (tertiary/aromatic N) is 1. The molecule has 0 bridgehead atoms. The van der Waals surface area contributed by atoms with Crippen LogP contribution in [0.4, 0.5) is 8.78 Å². The molecule has 2 heterocycles. The topological polar surface area (TPSA) is 71.6 Å². The first kappa shape index (κ1) is 22.0. The number of carbonyl (C=O) groups excluding carboxylic acids is 2. The van der Waals surface area contributed by atoms with Gasteiger partial charge < -0.3 is 19.4 Å². The fourth-order valence-electron chi connectivity index (χ4n) is 3.74. The van der Waals surface area contributed by atoms with E-state index in [1.165, 1.54) is 11.0 Å². The van der Waals surface area contributed by atoms with Crippen molar-refractivity contribution >= 4 is 11.9 Å². The number of H-pyrrole nitrogens is 1. The zero-order valence-electron chi connectivity index (χ0n) is 17.4. The Morgan fingerprint density at radius 3 is 2.57 bits per heavy atom. The first-order chi connectivity index (χ1) is 14.3. The van der Waals surface area contributed by atoms with E-state index in [0.717, 1.165) is 25.0 Å². The standard InChI is InChI=1S/C22H26F2N2O4/c1-4-29-22(28)20-13(2)16(14(3)25-20)12-26(11-15-7-6-10-30-15)21(27)19-17(23)8-5-9-18(19)24/h5,8-9,15,25H,4,6-7,10-12H2,1-3H3. The van der Waals surface area contributed by atoms with Crippen LogP contribution in [0.1, 0.15) is 57.4 Å². The van der Waals surface area contributed by atoms with E-state index in [4.69, 9.17) is 9.47 Å². The van der Waals surface area contributed by atoms with E-state index >= 15 is 0 Å². The summed E-state index contributed by atoms with van der Waals surface area (Å²) in [4.78, 5) is 29.7. The maximum Gasteiger partial charge on any atom is 0.355 e. The number of esters is 1. The number of ether oxygens (including phenoxy) is 2. The van der Waals surface area contributed by atoms with E-state index in [1.807, 2.05) is 0 Å². The van der Waals surface area contributed by atoms with Crippen molar-refractivity contribution < 1.29 is 27.8 Å². The molecule has 162 valence electrons. The van der Waals surface area contributed by atoms with Crippen molar-refractivity contribution in [2.45, 2.75) is 46.3 Å². The number of carbonyl (C=O) groups is 2. The molecule has 8 heteroatoms. The maximum absolute atomic E-state index is 14.3. The Morgan fingerprint density at radius 1 is 1.27 bits per heavy atom. The number of aromatic nitrogens is 1. The minimum absolute atomic E-state index is 0.0834. The van der Waals surface area contributed by atoms with Crippen LogP contribution >= 0.6 is 0 Å². The third kappa shape index (κ3) is 4.53. The molecule has 1 aliphatic heterocycles. The number of halogens is 2. The average molecular weight is 420 g/mol. The molecule has 1 atom stereocenters. The lowest BCUT2D eigenvalue weighted by Crippen LogP contribution is -2.38. The fourth-order valence-corrected chi connectivity index (χ4v) is 3.74. The molecule has 1 fully saturated rings. The number of rotatable bonds is 7. The summed E-state index contributed by atoms with van der Waals surface area (Å²) < 4.78 is 39.3. The first-order valence-corrected chi connectivity index (χ1v) is 10.0. The summed E-state index contributed by atoms with van der Waals surface area (Å²) in [5.41, 5.74) is 1.76. The van der Waals surface area contributed by atoms with Gasteiger partial charge in [-0.3, -0.25) is 4.79 Å². The second kappa shape index (κ2) is 9.38. The van der Waals surface area contributed by atoms with Crippen molar-refractivity contribution in [3.8, 4) is 0 Å². The number of amides is 1. The van der Waals surface area contributed by atoms with Gasteiger partial charge >= 0.3 is 5.97 Å². The van der Waals surface area contributed by atoms with Gasteiger partial charge in [0.25, 0.3) is 5.91 Å². The number of hydrogen-bond acceptors (Lipinski definition) is 4. The number of nitrogens with one attached hydrogen (secondary N) is 1. The zero-order valence-corrected chi connectivity index (χ0v) is 17.4. The number of aryl methyl sites for hydroxylation is 1. The summed E-state index contributed by atoms with van der Waals surface area (Å²) >= 11 is 0. The van der Waals surface area contributed by atoms with Gasteiger partial charge in [-0.2, -0.15) is 0 Å². The molecule has 1 saturated heterocycles. The molecule has 0 saturated carbocycles. The van der Waals surface area contributed by atoms with Crippen LogP contribution in [0.25, 0.3) is 0 Å². The summed E-state index contributed by atoms with van der Waals surface area (Å²) in [5.74, 6) is -3.06. The lowest BCUT2D eigenvalue weighted by atomic mass is 10.1. The SMILES string of the molecule is CCOC(=O)c1[nH]c(C)c(CN(CC2CCCO2)C(=O)c2c(F)cccc2F)c1C. The molecule has 1 N–H and O–H groups in total. The smallest absolute Gasteiger partial charge is 0.355 e. The Balaban J connectivity index is 1.94. The van der Waals surface area contributed by atoms with Crippen molar-refractivity contribution in [1.82, 2.24) is 9.88 Å². The van der Waals surface area contributed by atoms with Crippen LogP contribution in [0.15, 0.2) is 18.2 Å². The summed E-state index contributed by atoms with van der Waals surface area (Å²) in [6.07, 6.45) is 1.44. The van der Waals surface area contributed by atoms with Crippen molar-refractivity contribution in [3.05, 3.63) is 57.9 Å².